The number of nitrogens with one attached hydrogen (secondary N) is 1. The minimum absolute atomic E-state index is 0.0993. The lowest BCUT2D eigenvalue weighted by Gasteiger charge is -2.41. The highest BCUT2D eigenvalue weighted by Gasteiger charge is 2.43. The van der Waals surface area contributed by atoms with Crippen molar-refractivity contribution in [2.45, 2.75) is 18.9 Å². The normalized spacial score (nSPS) is 17.7. The largest absolute Gasteiger partial charge is 0.497 e. The number of ether oxygens (including phenoxy) is 6. The van der Waals surface area contributed by atoms with Crippen LogP contribution in [0.4, 0.5) is 10.8 Å². The van der Waals surface area contributed by atoms with Gasteiger partial charge in [-0.1, -0.05) is 11.3 Å². The molecule has 0 bridgehead atoms. The first kappa shape index (κ1) is 27.5. The average Bonchev–Trinajstić information content (AvgIpc) is 3.65. The fourth-order valence-electron chi connectivity index (χ4n) is 5.44. The Morgan fingerprint density at radius 3 is 2.43 bits per heavy atom. The van der Waals surface area contributed by atoms with E-state index in [1.165, 1.54) is 32.7 Å². The SMILES string of the molecule is COc1ccc2nc(NC(=O)[C@H]3CCC(=O)N(c4ccc5c(c4)OCO5)[C@H]3c3cc(OC)c(OC)c(OC)c3)sc2c1. The third-order valence-electron chi connectivity index (χ3n) is 7.42. The van der Waals surface area contributed by atoms with E-state index in [1.54, 1.807) is 42.3 Å². The first-order valence-electron chi connectivity index (χ1n) is 13.2. The summed E-state index contributed by atoms with van der Waals surface area (Å²) >= 11 is 1.35. The molecule has 218 valence electrons. The number of rotatable bonds is 8. The molecule has 2 atom stereocenters. The van der Waals surface area contributed by atoms with Crippen LogP contribution in [0.1, 0.15) is 24.4 Å². The number of methoxy groups -OCH3 is 4. The molecule has 2 aliphatic rings. The summed E-state index contributed by atoms with van der Waals surface area (Å²) in [6, 6.07) is 13.7. The Hall–Kier alpha value is -4.71. The Morgan fingerprint density at radius 1 is 0.952 bits per heavy atom. The molecule has 1 fully saturated rings. The number of nitrogens with zero attached hydrogens (tertiary/aromatic N) is 2. The second-order valence-corrected chi connectivity index (χ2v) is 10.7. The van der Waals surface area contributed by atoms with Crippen LogP contribution in [-0.4, -0.2) is 52.0 Å². The Balaban J connectivity index is 1.43. The minimum Gasteiger partial charge on any atom is -0.497 e. The zero-order valence-electron chi connectivity index (χ0n) is 23.5. The molecule has 12 heteroatoms. The van der Waals surface area contributed by atoms with Crippen LogP contribution in [0.3, 0.4) is 0 Å². The van der Waals surface area contributed by atoms with Gasteiger partial charge in [0.15, 0.2) is 28.1 Å². The number of piperidine rings is 1. The van der Waals surface area contributed by atoms with Crippen LogP contribution < -0.4 is 38.6 Å². The molecule has 6 rings (SSSR count). The van der Waals surface area contributed by atoms with Crippen molar-refractivity contribution in [1.82, 2.24) is 4.98 Å². The molecule has 0 radical (unpaired) electrons. The van der Waals surface area contributed by atoms with Gasteiger partial charge < -0.3 is 38.6 Å². The fourth-order valence-corrected chi connectivity index (χ4v) is 6.34. The van der Waals surface area contributed by atoms with Crippen molar-refractivity contribution in [2.24, 2.45) is 5.92 Å². The summed E-state index contributed by atoms with van der Waals surface area (Å²) in [6.45, 7) is 0.0993. The van der Waals surface area contributed by atoms with Crippen molar-refractivity contribution in [2.75, 3.05) is 45.4 Å². The Bertz CT molecular complexity index is 1650. The maximum atomic E-state index is 14.0. The lowest BCUT2D eigenvalue weighted by Crippen LogP contribution is -2.47. The highest BCUT2D eigenvalue weighted by Crippen LogP contribution is 2.47. The zero-order valence-corrected chi connectivity index (χ0v) is 24.3. The van der Waals surface area contributed by atoms with Crippen molar-refractivity contribution in [3.8, 4) is 34.5 Å². The molecule has 0 unspecified atom stereocenters. The van der Waals surface area contributed by atoms with Crippen molar-refractivity contribution in [3.63, 3.8) is 0 Å². The van der Waals surface area contributed by atoms with Crippen molar-refractivity contribution < 1.29 is 38.0 Å². The third-order valence-corrected chi connectivity index (χ3v) is 8.36. The molecule has 11 nitrogen and oxygen atoms in total. The molecular weight excluding hydrogens is 562 g/mol. The molecule has 1 saturated heterocycles. The number of aromatic nitrogens is 1. The van der Waals surface area contributed by atoms with Gasteiger partial charge in [0, 0.05) is 18.2 Å². The van der Waals surface area contributed by atoms with Crippen LogP contribution in [0.2, 0.25) is 0 Å². The third kappa shape index (κ3) is 4.87. The smallest absolute Gasteiger partial charge is 0.231 e. The molecule has 3 aromatic carbocycles. The predicted octanol–water partition coefficient (Wildman–Crippen LogP) is 5.18. The standard InChI is InChI=1S/C30H29N3O8S/c1-36-18-6-8-20-25(14-18)42-30(31-20)32-29(35)19-7-10-26(34)33(17-5-9-21-22(13-17)41-15-40-21)27(19)16-11-23(37-2)28(39-4)24(12-16)38-3/h5-6,8-9,11-14,19,27H,7,10,15H2,1-4H3,(H,31,32,35)/t19-,27-/m0/s1. The van der Waals surface area contributed by atoms with E-state index in [0.717, 1.165) is 10.2 Å². The van der Waals surface area contributed by atoms with Crippen LogP contribution >= 0.6 is 11.3 Å². The number of carbonyl (C=O) groups is 2. The molecule has 42 heavy (non-hydrogen) atoms. The van der Waals surface area contributed by atoms with Gasteiger partial charge in [0.25, 0.3) is 0 Å². The fraction of sp³-hybridized carbons (Fsp3) is 0.300. The number of carbonyl (C=O) groups excluding carboxylic acids is 2. The van der Waals surface area contributed by atoms with E-state index in [-0.39, 0.29) is 25.0 Å². The zero-order chi connectivity index (χ0) is 29.4. The van der Waals surface area contributed by atoms with Crippen molar-refractivity contribution in [3.05, 3.63) is 54.1 Å². The van der Waals surface area contributed by atoms with Gasteiger partial charge in [-0.05, 0) is 54.4 Å². The summed E-state index contributed by atoms with van der Waals surface area (Å²) in [5, 5.41) is 3.46. The number of anilines is 2. The highest BCUT2D eigenvalue weighted by molar-refractivity contribution is 7.22. The number of hydrogen-bond donors (Lipinski definition) is 1. The maximum absolute atomic E-state index is 14.0. The lowest BCUT2D eigenvalue weighted by atomic mass is 9.83. The first-order valence-corrected chi connectivity index (χ1v) is 14.0. The Morgan fingerprint density at radius 2 is 1.71 bits per heavy atom. The van der Waals surface area contributed by atoms with Crippen LogP contribution in [-0.2, 0) is 9.59 Å². The summed E-state index contributed by atoms with van der Waals surface area (Å²) in [5.74, 6) is 2.02. The maximum Gasteiger partial charge on any atom is 0.231 e. The van der Waals surface area contributed by atoms with Gasteiger partial charge >= 0.3 is 0 Å². The minimum atomic E-state index is -0.713. The molecule has 3 heterocycles. The van der Waals surface area contributed by atoms with E-state index >= 15 is 0 Å². The van der Waals surface area contributed by atoms with Crippen LogP contribution in [0.25, 0.3) is 10.2 Å². The van der Waals surface area contributed by atoms with E-state index in [4.69, 9.17) is 28.4 Å². The quantitative estimate of drug-likeness (QED) is 0.296. The van der Waals surface area contributed by atoms with E-state index in [9.17, 15) is 9.59 Å². The highest BCUT2D eigenvalue weighted by atomic mass is 32.1. The molecule has 0 aliphatic carbocycles. The molecule has 2 aliphatic heterocycles. The average molecular weight is 592 g/mol. The van der Waals surface area contributed by atoms with Crippen LogP contribution in [0.5, 0.6) is 34.5 Å². The number of amides is 2. The number of benzene rings is 3. The van der Waals surface area contributed by atoms with Crippen molar-refractivity contribution in [1.29, 1.82) is 0 Å². The number of fused-ring (bicyclic) bond motifs is 2. The van der Waals surface area contributed by atoms with Gasteiger partial charge in [-0.25, -0.2) is 4.98 Å². The predicted molar refractivity (Wildman–Crippen MR) is 156 cm³/mol. The molecule has 0 spiro atoms. The lowest BCUT2D eigenvalue weighted by molar-refractivity contribution is -0.125. The van der Waals surface area contributed by atoms with Gasteiger partial charge in [-0.3, -0.25) is 9.59 Å². The van der Waals surface area contributed by atoms with Crippen molar-refractivity contribution >= 4 is 44.2 Å². The molecule has 4 aromatic rings. The van der Waals surface area contributed by atoms with Gasteiger partial charge in [0.2, 0.25) is 24.4 Å². The Labute approximate surface area is 245 Å². The number of hydrogen-bond acceptors (Lipinski definition) is 10. The molecular formula is C30H29N3O8S. The topological polar surface area (TPSA) is 118 Å². The van der Waals surface area contributed by atoms with Crippen LogP contribution in [0.15, 0.2) is 48.5 Å². The summed E-state index contributed by atoms with van der Waals surface area (Å²) in [5.41, 5.74) is 1.97. The van der Waals surface area contributed by atoms with Gasteiger partial charge in [-0.15, -0.1) is 0 Å². The molecule has 0 saturated carbocycles. The molecule has 1 aromatic heterocycles. The molecule has 2 amide bonds. The van der Waals surface area contributed by atoms with Gasteiger partial charge in [0.05, 0.1) is 50.6 Å². The van der Waals surface area contributed by atoms with Gasteiger partial charge in [0.1, 0.15) is 5.75 Å². The van der Waals surface area contributed by atoms with E-state index in [0.29, 0.717) is 57.3 Å². The summed E-state index contributed by atoms with van der Waals surface area (Å²) in [4.78, 5) is 33.9. The van der Waals surface area contributed by atoms with Crippen LogP contribution in [0, 0.1) is 5.92 Å². The van der Waals surface area contributed by atoms with Gasteiger partial charge in [-0.2, -0.15) is 0 Å². The summed E-state index contributed by atoms with van der Waals surface area (Å²) in [7, 11) is 6.17. The van der Waals surface area contributed by atoms with E-state index in [2.05, 4.69) is 10.3 Å². The number of thiazole rings is 1. The summed E-state index contributed by atoms with van der Waals surface area (Å²) < 4.78 is 34.0. The second-order valence-electron chi connectivity index (χ2n) is 9.69. The first-order chi connectivity index (χ1) is 20.4. The second kappa shape index (κ2) is 11.3. The Kier molecular flexibility index (Phi) is 7.38. The van der Waals surface area contributed by atoms with E-state index in [1.807, 2.05) is 18.2 Å². The summed E-state index contributed by atoms with van der Waals surface area (Å²) in [6.07, 6.45) is 0.496. The monoisotopic (exact) mass is 591 g/mol. The van der Waals surface area contributed by atoms with E-state index < -0.39 is 12.0 Å². The molecule has 1 N–H and O–H groups in total.